The SMILES string of the molecule is Cc1cc(C)[c]([Mg+])c(C)c1.[Cl-]. The van der Waals surface area contributed by atoms with Crippen molar-refractivity contribution >= 4 is 25.4 Å². The van der Waals surface area contributed by atoms with Crippen LogP contribution in [0.1, 0.15) is 16.7 Å². The molecule has 0 bridgehead atoms. The molecular weight excluding hydrogens is 168 g/mol. The molecule has 2 heteroatoms. The van der Waals surface area contributed by atoms with Gasteiger partial charge in [-0.15, -0.1) is 0 Å². The third-order valence-corrected chi connectivity index (χ3v) is 2.96. The van der Waals surface area contributed by atoms with Crippen LogP contribution in [-0.4, -0.2) is 21.7 Å². The van der Waals surface area contributed by atoms with Gasteiger partial charge in [0.2, 0.25) is 0 Å². The molecule has 1 rings (SSSR count). The second kappa shape index (κ2) is 4.34. The van der Waals surface area contributed by atoms with Crippen LogP contribution in [0.2, 0.25) is 0 Å². The summed E-state index contributed by atoms with van der Waals surface area (Å²) in [5.74, 6) is 0. The normalized spacial score (nSPS) is 9.18. The maximum atomic E-state index is 2.23. The minimum Gasteiger partial charge on any atom is -1.00 e. The molecule has 0 aromatic heterocycles. The molecule has 0 saturated carbocycles. The van der Waals surface area contributed by atoms with E-state index in [2.05, 4.69) is 32.9 Å². The van der Waals surface area contributed by atoms with Crippen LogP contribution in [0, 0.1) is 20.8 Å². The van der Waals surface area contributed by atoms with Gasteiger partial charge >= 0.3 is 75.0 Å². The van der Waals surface area contributed by atoms with Crippen molar-refractivity contribution in [3.63, 3.8) is 0 Å². The van der Waals surface area contributed by atoms with Gasteiger partial charge in [-0.3, -0.25) is 0 Å². The van der Waals surface area contributed by atoms with Gasteiger partial charge in [0.1, 0.15) is 0 Å². The Hall–Kier alpha value is 0.276. The fraction of sp³-hybridized carbons (Fsp3) is 0.333. The first-order valence-corrected chi connectivity index (χ1v) is 4.22. The summed E-state index contributed by atoms with van der Waals surface area (Å²) in [4.78, 5) is 0. The van der Waals surface area contributed by atoms with Crippen molar-refractivity contribution < 1.29 is 12.4 Å². The quantitative estimate of drug-likeness (QED) is 0.421. The first kappa shape index (κ1) is 11.3. The van der Waals surface area contributed by atoms with Crippen molar-refractivity contribution in [2.75, 3.05) is 0 Å². The fourth-order valence-electron chi connectivity index (χ4n) is 1.21. The van der Waals surface area contributed by atoms with Gasteiger partial charge in [0, 0.05) is 0 Å². The van der Waals surface area contributed by atoms with Crippen molar-refractivity contribution in [2.45, 2.75) is 20.8 Å². The summed E-state index contributed by atoms with van der Waals surface area (Å²) >= 11 is 1.97. The van der Waals surface area contributed by atoms with Gasteiger partial charge in [-0.25, -0.2) is 0 Å². The monoisotopic (exact) mass is 178 g/mol. The molecule has 0 aliphatic rings. The summed E-state index contributed by atoms with van der Waals surface area (Å²) in [6.45, 7) is 6.48. The van der Waals surface area contributed by atoms with Crippen LogP contribution in [0.5, 0.6) is 0 Å². The Morgan fingerprint density at radius 3 is 1.73 bits per heavy atom. The number of halogens is 1. The molecule has 1 aromatic rings. The Morgan fingerprint density at radius 2 is 1.36 bits per heavy atom. The molecule has 0 radical (unpaired) electrons. The van der Waals surface area contributed by atoms with Crippen molar-refractivity contribution in [1.29, 1.82) is 0 Å². The van der Waals surface area contributed by atoms with Crippen LogP contribution in [0.25, 0.3) is 0 Å². The smallest absolute Gasteiger partial charge is 1.00 e. The van der Waals surface area contributed by atoms with E-state index in [-0.39, 0.29) is 12.4 Å². The topological polar surface area (TPSA) is 0 Å². The van der Waals surface area contributed by atoms with Crippen LogP contribution in [-0.2, 0) is 0 Å². The summed E-state index contributed by atoms with van der Waals surface area (Å²) < 4.78 is 1.45. The van der Waals surface area contributed by atoms with E-state index < -0.39 is 0 Å². The van der Waals surface area contributed by atoms with E-state index in [9.17, 15) is 0 Å². The summed E-state index contributed by atoms with van der Waals surface area (Å²) in [6.07, 6.45) is 0. The van der Waals surface area contributed by atoms with Gasteiger partial charge in [-0.2, -0.15) is 0 Å². The Balaban J connectivity index is 0.000001000. The van der Waals surface area contributed by atoms with Crippen molar-refractivity contribution in [3.05, 3.63) is 28.8 Å². The molecule has 0 amide bonds. The van der Waals surface area contributed by atoms with E-state index in [4.69, 9.17) is 0 Å². The van der Waals surface area contributed by atoms with Gasteiger partial charge in [-0.05, 0) is 0 Å². The Bertz CT molecular complexity index is 233. The first-order valence-electron chi connectivity index (χ1n) is 3.51. The second-order valence-electron chi connectivity index (χ2n) is 2.88. The number of benzene rings is 1. The van der Waals surface area contributed by atoms with Gasteiger partial charge < -0.3 is 12.4 Å². The average molecular weight is 179 g/mol. The molecule has 0 nitrogen and oxygen atoms in total. The standard InChI is InChI=1S/C9H11.ClH.Mg/c1-7-4-8(2)6-9(3)5-7;;/h4-5H,1-3H3;1H;/q;;+1/p-1. The molecule has 0 aliphatic carbocycles. The predicted octanol–water partition coefficient (Wildman–Crippen LogP) is -1.59. The summed E-state index contributed by atoms with van der Waals surface area (Å²) in [6, 6.07) is 4.46. The molecule has 0 saturated heterocycles. The van der Waals surface area contributed by atoms with Crippen LogP contribution in [0.15, 0.2) is 12.1 Å². The molecule has 1 aromatic carbocycles. The van der Waals surface area contributed by atoms with Crippen molar-refractivity contribution in [2.24, 2.45) is 0 Å². The number of aryl methyl sites for hydroxylation is 3. The third-order valence-electron chi connectivity index (χ3n) is 1.84. The maximum Gasteiger partial charge on any atom is -1.00 e. The minimum absolute atomic E-state index is 0. The Morgan fingerprint density at radius 1 is 1.00 bits per heavy atom. The summed E-state index contributed by atoms with van der Waals surface area (Å²) in [5.41, 5.74) is 4.19. The average Bonchev–Trinajstić information content (AvgIpc) is 1.82. The first-order chi connectivity index (χ1) is 4.61. The zero-order valence-corrected chi connectivity index (χ0v) is 9.41. The van der Waals surface area contributed by atoms with Crippen LogP contribution < -0.4 is 16.1 Å². The van der Waals surface area contributed by atoms with Crippen molar-refractivity contribution in [1.82, 2.24) is 0 Å². The van der Waals surface area contributed by atoms with Crippen LogP contribution in [0.4, 0.5) is 0 Å². The molecule has 0 unspecified atom stereocenters. The van der Waals surface area contributed by atoms with Crippen molar-refractivity contribution in [3.8, 4) is 0 Å². The van der Waals surface area contributed by atoms with E-state index in [1.807, 2.05) is 21.7 Å². The minimum atomic E-state index is 0. The van der Waals surface area contributed by atoms with Gasteiger partial charge in [-0.1, -0.05) is 0 Å². The summed E-state index contributed by atoms with van der Waals surface area (Å²) in [5, 5.41) is 0. The Labute approximate surface area is 87.2 Å². The zero-order valence-electron chi connectivity index (χ0n) is 7.24. The Kier molecular flexibility index (Phi) is 4.45. The van der Waals surface area contributed by atoms with E-state index >= 15 is 0 Å². The second-order valence-corrected chi connectivity index (χ2v) is 3.58. The molecule has 0 heterocycles. The summed E-state index contributed by atoms with van der Waals surface area (Å²) in [7, 11) is 0. The van der Waals surface area contributed by atoms with Crippen LogP contribution in [0.3, 0.4) is 0 Å². The number of hydrogen-bond acceptors (Lipinski definition) is 0. The molecule has 0 fully saturated rings. The molecule has 0 atom stereocenters. The molecular formula is C9H11ClMg. The van der Waals surface area contributed by atoms with E-state index in [1.54, 1.807) is 0 Å². The third kappa shape index (κ3) is 2.66. The molecule has 0 N–H and O–H groups in total. The van der Waals surface area contributed by atoms with E-state index in [0.717, 1.165) is 0 Å². The van der Waals surface area contributed by atoms with E-state index in [0.29, 0.717) is 0 Å². The molecule has 0 aliphatic heterocycles. The number of hydrogen-bond donors (Lipinski definition) is 0. The molecule has 56 valence electrons. The van der Waals surface area contributed by atoms with E-state index in [1.165, 1.54) is 20.4 Å². The van der Waals surface area contributed by atoms with Gasteiger partial charge in [0.15, 0.2) is 0 Å². The maximum absolute atomic E-state index is 2.23. The number of rotatable bonds is 0. The fourth-order valence-corrected chi connectivity index (χ4v) is 1.41. The molecule has 0 spiro atoms. The predicted molar refractivity (Wildman–Crippen MR) is 46.0 cm³/mol. The van der Waals surface area contributed by atoms with Crippen LogP contribution >= 0.6 is 0 Å². The molecule has 11 heavy (non-hydrogen) atoms. The van der Waals surface area contributed by atoms with Gasteiger partial charge in [0.05, 0.1) is 0 Å². The zero-order chi connectivity index (χ0) is 7.72. The van der Waals surface area contributed by atoms with Gasteiger partial charge in [0.25, 0.3) is 0 Å². The largest absolute Gasteiger partial charge is 1.00 e.